The van der Waals surface area contributed by atoms with Crippen LogP contribution >= 0.6 is 0 Å². The third-order valence-corrected chi connectivity index (χ3v) is 2.35. The van der Waals surface area contributed by atoms with Crippen molar-refractivity contribution in [3.05, 3.63) is 47.9 Å². The minimum atomic E-state index is -4.96. The molecule has 1 nitrogen and oxygen atoms in total. The van der Waals surface area contributed by atoms with Crippen LogP contribution in [0.2, 0.25) is 0 Å². The fourth-order valence-electron chi connectivity index (χ4n) is 1.32. The molecule has 5 heteroatoms. The third kappa shape index (κ3) is 5.59. The Morgan fingerprint density at radius 1 is 1.18 bits per heavy atom. The van der Waals surface area contributed by atoms with E-state index in [2.05, 4.69) is 6.58 Å². The predicted octanol–water partition coefficient (Wildman–Crippen LogP) is 3.58. The first kappa shape index (κ1) is 13.8. The quantitative estimate of drug-likeness (QED) is 0.525. The summed E-state index contributed by atoms with van der Waals surface area (Å²) in [5.74, 6) is 0. The molecule has 0 spiro atoms. The van der Waals surface area contributed by atoms with E-state index in [1.165, 1.54) is 0 Å². The summed E-state index contributed by atoms with van der Waals surface area (Å²) in [7, 11) is 0. The zero-order valence-electron chi connectivity index (χ0n) is 9.54. The van der Waals surface area contributed by atoms with E-state index in [0.717, 1.165) is 12.0 Å². The summed E-state index contributed by atoms with van der Waals surface area (Å²) in [5.41, 5.74) is 0.389. The summed E-state index contributed by atoms with van der Waals surface area (Å²) in [6, 6.07) is 9.76. The number of hydrogen-bond donors (Lipinski definition) is 0. The Morgan fingerprint density at radius 2 is 1.82 bits per heavy atom. The second-order valence-corrected chi connectivity index (χ2v) is 3.87. The van der Waals surface area contributed by atoms with E-state index in [4.69, 9.17) is 4.74 Å². The maximum atomic E-state index is 12.1. The molecule has 0 heterocycles. The Balaban J connectivity index is 2.12. The number of ether oxygens (including phenoxy) is 1. The fourth-order valence-corrected chi connectivity index (χ4v) is 1.32. The molecule has 0 aliphatic rings. The molecule has 0 atom stereocenters. The highest BCUT2D eigenvalue weighted by atomic mass is 19.4. The Bertz CT molecular complexity index is 349. The molecule has 0 bridgehead atoms. The molecule has 1 rings (SSSR count). The molecule has 17 heavy (non-hydrogen) atoms. The van der Waals surface area contributed by atoms with Crippen LogP contribution in [0.4, 0.5) is 12.9 Å². The SMILES string of the molecule is C=C(COCCCc1ccccc1)[B-](F)(F)F. The fraction of sp³-hybridized carbons (Fsp3) is 0.333. The van der Waals surface area contributed by atoms with Crippen molar-refractivity contribution in [2.24, 2.45) is 0 Å². The van der Waals surface area contributed by atoms with Crippen LogP contribution in [-0.4, -0.2) is 20.2 Å². The molecule has 0 N–H and O–H groups in total. The standard InChI is InChI=1S/C12H15BF3O/c1-11(13(14,15)16)10-17-9-5-8-12-6-3-2-4-7-12/h2-4,6-7H,1,5,8-10H2/q-1. The number of aryl methyl sites for hydroxylation is 1. The van der Waals surface area contributed by atoms with E-state index >= 15 is 0 Å². The van der Waals surface area contributed by atoms with Crippen LogP contribution in [0.1, 0.15) is 12.0 Å². The molecule has 0 amide bonds. The molecule has 1 aromatic rings. The molecule has 0 saturated heterocycles. The lowest BCUT2D eigenvalue weighted by Crippen LogP contribution is -2.22. The minimum Gasteiger partial charge on any atom is -0.445 e. The van der Waals surface area contributed by atoms with Crippen molar-refractivity contribution >= 4 is 6.98 Å². The summed E-state index contributed by atoms with van der Waals surface area (Å²) < 4.78 is 41.3. The van der Waals surface area contributed by atoms with E-state index < -0.39 is 19.1 Å². The first-order chi connectivity index (χ1) is 8.00. The average Bonchev–Trinajstić information content (AvgIpc) is 2.28. The first-order valence-electron chi connectivity index (χ1n) is 5.49. The van der Waals surface area contributed by atoms with Gasteiger partial charge in [-0.25, -0.2) is 0 Å². The Hall–Kier alpha value is -1.23. The second kappa shape index (κ2) is 6.50. The highest BCUT2D eigenvalue weighted by molar-refractivity contribution is 6.66. The highest BCUT2D eigenvalue weighted by Crippen LogP contribution is 2.18. The van der Waals surface area contributed by atoms with Crippen molar-refractivity contribution in [2.75, 3.05) is 13.2 Å². The normalized spacial score (nSPS) is 11.5. The van der Waals surface area contributed by atoms with Crippen LogP contribution < -0.4 is 0 Å². The van der Waals surface area contributed by atoms with Crippen molar-refractivity contribution in [3.8, 4) is 0 Å². The smallest absolute Gasteiger partial charge is 0.445 e. The van der Waals surface area contributed by atoms with Crippen LogP contribution in [-0.2, 0) is 11.2 Å². The van der Waals surface area contributed by atoms with Gasteiger partial charge in [0.05, 0.1) is 0 Å². The number of hydrogen-bond acceptors (Lipinski definition) is 1. The van der Waals surface area contributed by atoms with Crippen LogP contribution in [0.25, 0.3) is 0 Å². The van der Waals surface area contributed by atoms with Gasteiger partial charge in [0, 0.05) is 13.2 Å². The van der Waals surface area contributed by atoms with Gasteiger partial charge >= 0.3 is 6.98 Å². The molecule has 0 saturated carbocycles. The van der Waals surface area contributed by atoms with Gasteiger partial charge < -0.3 is 17.7 Å². The number of rotatable bonds is 7. The topological polar surface area (TPSA) is 9.23 Å². The van der Waals surface area contributed by atoms with E-state index in [9.17, 15) is 12.9 Å². The van der Waals surface area contributed by atoms with Crippen LogP contribution in [0.5, 0.6) is 0 Å². The first-order valence-corrected chi connectivity index (χ1v) is 5.49. The zero-order valence-corrected chi connectivity index (χ0v) is 9.54. The Kier molecular flexibility index (Phi) is 5.29. The van der Waals surface area contributed by atoms with Crippen LogP contribution in [0.15, 0.2) is 42.4 Å². The lowest BCUT2D eigenvalue weighted by atomic mass is 9.81. The molecule has 1 aromatic carbocycles. The van der Waals surface area contributed by atoms with Crippen LogP contribution in [0.3, 0.4) is 0 Å². The third-order valence-electron chi connectivity index (χ3n) is 2.35. The molecule has 94 valence electrons. The zero-order chi connectivity index (χ0) is 12.7. The lowest BCUT2D eigenvalue weighted by molar-refractivity contribution is 0.154. The largest absolute Gasteiger partial charge is 0.507 e. The summed E-state index contributed by atoms with van der Waals surface area (Å²) in [5, 5.41) is 0. The Labute approximate surface area is 99.3 Å². The van der Waals surface area contributed by atoms with Gasteiger partial charge in [-0.05, 0) is 18.4 Å². The van der Waals surface area contributed by atoms with E-state index in [0.29, 0.717) is 13.0 Å². The number of halogens is 3. The molecule has 0 aromatic heterocycles. The van der Waals surface area contributed by atoms with Crippen molar-refractivity contribution in [1.29, 1.82) is 0 Å². The average molecular weight is 243 g/mol. The Morgan fingerprint density at radius 3 is 2.41 bits per heavy atom. The van der Waals surface area contributed by atoms with E-state index in [1.807, 2.05) is 30.3 Å². The van der Waals surface area contributed by atoms with E-state index in [-0.39, 0.29) is 0 Å². The molecule has 0 unspecified atom stereocenters. The summed E-state index contributed by atoms with van der Waals surface area (Å²) in [4.78, 5) is 0. The molecular weight excluding hydrogens is 228 g/mol. The maximum Gasteiger partial charge on any atom is 0.507 e. The van der Waals surface area contributed by atoms with Gasteiger partial charge in [-0.2, -0.15) is 0 Å². The molecule has 0 aliphatic heterocycles. The molecule has 0 aliphatic carbocycles. The predicted molar refractivity (Wildman–Crippen MR) is 63.8 cm³/mol. The number of benzene rings is 1. The van der Waals surface area contributed by atoms with E-state index in [1.54, 1.807) is 0 Å². The molecular formula is C12H15BF3O-. The lowest BCUT2D eigenvalue weighted by Gasteiger charge is -2.17. The summed E-state index contributed by atoms with van der Waals surface area (Å²) in [6.07, 6.45) is 1.52. The summed E-state index contributed by atoms with van der Waals surface area (Å²) >= 11 is 0. The van der Waals surface area contributed by atoms with Gasteiger partial charge in [0.25, 0.3) is 0 Å². The van der Waals surface area contributed by atoms with Gasteiger partial charge in [0.15, 0.2) is 0 Å². The van der Waals surface area contributed by atoms with Crippen molar-refractivity contribution in [3.63, 3.8) is 0 Å². The summed E-state index contributed by atoms with van der Waals surface area (Å²) in [6.45, 7) is -2.10. The highest BCUT2D eigenvalue weighted by Gasteiger charge is 2.26. The van der Waals surface area contributed by atoms with Gasteiger partial charge in [-0.1, -0.05) is 30.3 Å². The van der Waals surface area contributed by atoms with Crippen molar-refractivity contribution in [1.82, 2.24) is 0 Å². The second-order valence-electron chi connectivity index (χ2n) is 3.87. The molecule has 0 radical (unpaired) electrons. The van der Waals surface area contributed by atoms with Crippen molar-refractivity contribution in [2.45, 2.75) is 12.8 Å². The van der Waals surface area contributed by atoms with Crippen molar-refractivity contribution < 1.29 is 17.7 Å². The van der Waals surface area contributed by atoms with Gasteiger partial charge in [0.1, 0.15) is 0 Å². The monoisotopic (exact) mass is 243 g/mol. The maximum absolute atomic E-state index is 12.1. The van der Waals surface area contributed by atoms with Crippen LogP contribution in [0, 0.1) is 0 Å². The minimum absolute atomic E-state index is 0.320. The van der Waals surface area contributed by atoms with Gasteiger partial charge in [0.2, 0.25) is 0 Å². The van der Waals surface area contributed by atoms with Gasteiger partial charge in [-0.3, -0.25) is 0 Å². The van der Waals surface area contributed by atoms with Gasteiger partial charge in [-0.15, -0.1) is 12.1 Å². The molecule has 0 fully saturated rings.